The van der Waals surface area contributed by atoms with Crippen LogP contribution in [0.25, 0.3) is 5.70 Å². The summed E-state index contributed by atoms with van der Waals surface area (Å²) in [5, 5.41) is 10.5. The lowest BCUT2D eigenvalue weighted by molar-refractivity contribution is -0.115. The molecule has 1 N–H and O–H groups in total. The normalized spacial score (nSPS) is 17.7. The molecule has 4 rings (SSSR count). The number of hydrogen-bond donors (Lipinski definition) is 1. The van der Waals surface area contributed by atoms with Crippen molar-refractivity contribution in [3.8, 4) is 5.75 Å². The molecule has 0 aromatic heterocycles. The molecular weight excluding hydrogens is 376 g/mol. The number of Topliss-reactive ketones (excluding diaryl/α,β-unsaturated/α-hetero) is 1. The van der Waals surface area contributed by atoms with Gasteiger partial charge in [0, 0.05) is 10.8 Å². The van der Waals surface area contributed by atoms with Crippen LogP contribution in [0.1, 0.15) is 17.3 Å². The number of amidine groups is 1. The summed E-state index contributed by atoms with van der Waals surface area (Å²) in [6.45, 7) is 1.97. The monoisotopic (exact) mass is 394 g/mol. The second-order valence-corrected chi connectivity index (χ2v) is 7.35. The van der Waals surface area contributed by atoms with Gasteiger partial charge in [-0.2, -0.15) is 0 Å². The third kappa shape index (κ3) is 3.16. The Labute approximate surface area is 165 Å². The van der Waals surface area contributed by atoms with Crippen molar-refractivity contribution in [1.82, 2.24) is 10.3 Å². The SMILES string of the molecule is CCSC1=NN2C(=c3ccccc3=N[C@@H]2C(=O)c2ccc(OC)cc2)C(=O)N1. The third-order valence-electron chi connectivity index (χ3n) is 4.41. The average molecular weight is 394 g/mol. The highest BCUT2D eigenvalue weighted by molar-refractivity contribution is 8.13. The first-order valence-corrected chi connectivity index (χ1v) is 9.78. The molecule has 0 fully saturated rings. The maximum absolute atomic E-state index is 13.2. The molecular formula is C20H18N4O3S. The highest BCUT2D eigenvalue weighted by atomic mass is 32.2. The molecule has 2 aromatic carbocycles. The van der Waals surface area contributed by atoms with Gasteiger partial charge < -0.3 is 4.74 Å². The molecule has 142 valence electrons. The van der Waals surface area contributed by atoms with Gasteiger partial charge >= 0.3 is 0 Å². The molecule has 7 nitrogen and oxygen atoms in total. The van der Waals surface area contributed by atoms with Gasteiger partial charge in [0.15, 0.2) is 5.17 Å². The van der Waals surface area contributed by atoms with Gasteiger partial charge in [-0.15, -0.1) is 5.10 Å². The molecule has 2 aromatic rings. The van der Waals surface area contributed by atoms with Crippen LogP contribution >= 0.6 is 11.8 Å². The van der Waals surface area contributed by atoms with Gasteiger partial charge in [0.2, 0.25) is 11.9 Å². The van der Waals surface area contributed by atoms with E-state index < -0.39 is 6.17 Å². The molecule has 0 saturated carbocycles. The number of thioether (sulfide) groups is 1. The minimum absolute atomic E-state index is 0.242. The summed E-state index contributed by atoms with van der Waals surface area (Å²) in [6, 6.07) is 14.1. The van der Waals surface area contributed by atoms with Crippen molar-refractivity contribution in [3.05, 3.63) is 64.7 Å². The van der Waals surface area contributed by atoms with Gasteiger partial charge in [0.05, 0.1) is 12.5 Å². The molecule has 1 atom stereocenters. The number of amides is 1. The summed E-state index contributed by atoms with van der Waals surface area (Å²) in [5.74, 6) is 0.870. The van der Waals surface area contributed by atoms with Crippen LogP contribution in [0.4, 0.5) is 0 Å². The number of carbonyl (C=O) groups is 2. The molecule has 0 spiro atoms. The number of ketones is 1. The lowest BCUT2D eigenvalue weighted by Crippen LogP contribution is -2.54. The molecule has 8 heteroatoms. The minimum atomic E-state index is -0.947. The fraction of sp³-hybridized carbons (Fsp3) is 0.200. The molecule has 2 aliphatic rings. The lowest BCUT2D eigenvalue weighted by atomic mass is 10.1. The van der Waals surface area contributed by atoms with Crippen LogP contribution in [-0.2, 0) is 4.79 Å². The summed E-state index contributed by atoms with van der Waals surface area (Å²) >= 11 is 1.40. The number of nitrogens with one attached hydrogen (secondary N) is 1. The van der Waals surface area contributed by atoms with E-state index in [-0.39, 0.29) is 11.7 Å². The van der Waals surface area contributed by atoms with E-state index >= 15 is 0 Å². The molecule has 0 radical (unpaired) electrons. The number of hydrazone groups is 1. The lowest BCUT2D eigenvalue weighted by Gasteiger charge is -2.33. The fourth-order valence-electron chi connectivity index (χ4n) is 3.10. The van der Waals surface area contributed by atoms with Crippen LogP contribution in [0.5, 0.6) is 5.75 Å². The van der Waals surface area contributed by atoms with E-state index in [0.29, 0.717) is 32.8 Å². The summed E-state index contributed by atoms with van der Waals surface area (Å²) in [4.78, 5) is 30.7. The Morgan fingerprint density at radius 2 is 1.96 bits per heavy atom. The van der Waals surface area contributed by atoms with Crippen molar-refractivity contribution in [2.75, 3.05) is 12.9 Å². The maximum atomic E-state index is 13.2. The average Bonchev–Trinajstić information content (AvgIpc) is 2.72. The van der Waals surface area contributed by atoms with Crippen molar-refractivity contribution in [3.63, 3.8) is 0 Å². The van der Waals surface area contributed by atoms with Gasteiger partial charge in [-0.3, -0.25) is 14.9 Å². The van der Waals surface area contributed by atoms with Gasteiger partial charge in [-0.25, -0.2) is 10.0 Å². The largest absolute Gasteiger partial charge is 0.497 e. The summed E-state index contributed by atoms with van der Waals surface area (Å²) in [6.07, 6.45) is -0.947. The van der Waals surface area contributed by atoms with Crippen LogP contribution in [-0.4, -0.2) is 40.9 Å². The van der Waals surface area contributed by atoms with E-state index in [9.17, 15) is 9.59 Å². The van der Waals surface area contributed by atoms with Crippen LogP contribution in [0.2, 0.25) is 0 Å². The smallest absolute Gasteiger partial charge is 0.276 e. The quantitative estimate of drug-likeness (QED) is 0.786. The van der Waals surface area contributed by atoms with E-state index in [4.69, 9.17) is 4.74 Å². The maximum Gasteiger partial charge on any atom is 0.276 e. The van der Waals surface area contributed by atoms with Gasteiger partial charge in [0.25, 0.3) is 5.91 Å². The molecule has 0 aliphatic carbocycles. The van der Waals surface area contributed by atoms with Crippen molar-refractivity contribution < 1.29 is 14.3 Å². The Morgan fingerprint density at radius 1 is 1.21 bits per heavy atom. The first-order chi connectivity index (χ1) is 13.6. The number of hydrogen-bond acceptors (Lipinski definition) is 7. The molecule has 1 amide bonds. The van der Waals surface area contributed by atoms with E-state index in [0.717, 1.165) is 5.75 Å². The number of ether oxygens (including phenoxy) is 1. The summed E-state index contributed by atoms with van der Waals surface area (Å²) < 4.78 is 5.15. The van der Waals surface area contributed by atoms with Crippen molar-refractivity contribution in [2.24, 2.45) is 10.1 Å². The predicted molar refractivity (Wildman–Crippen MR) is 107 cm³/mol. The number of benzene rings is 2. The summed E-state index contributed by atoms with van der Waals surface area (Å²) in [7, 11) is 1.57. The van der Waals surface area contributed by atoms with Gasteiger partial charge in [-0.05, 0) is 36.1 Å². The van der Waals surface area contributed by atoms with Crippen LogP contribution in [0, 0.1) is 0 Å². The predicted octanol–water partition coefficient (Wildman–Crippen LogP) is 1.10. The summed E-state index contributed by atoms with van der Waals surface area (Å²) in [5.41, 5.74) is 0.803. The molecule has 0 bridgehead atoms. The van der Waals surface area contributed by atoms with E-state index in [1.165, 1.54) is 16.8 Å². The second kappa shape index (κ2) is 7.47. The van der Waals surface area contributed by atoms with Crippen LogP contribution in [0.3, 0.4) is 0 Å². The Bertz CT molecular complexity index is 1100. The van der Waals surface area contributed by atoms with E-state index in [1.807, 2.05) is 25.1 Å². The van der Waals surface area contributed by atoms with Gasteiger partial charge in [-0.1, -0.05) is 36.9 Å². The standard InChI is InChI=1S/C20H18N4O3S/c1-3-28-20-22-19(26)16-14-6-4-5-7-15(14)21-18(24(16)23-20)17(25)12-8-10-13(27-2)11-9-12/h4-11,18H,3H2,1-2H3,(H,22,23,26)/t18-/m0/s1. The Kier molecular flexibility index (Phi) is 4.87. The second-order valence-electron chi connectivity index (χ2n) is 6.10. The number of rotatable bonds is 4. The zero-order valence-electron chi connectivity index (χ0n) is 15.4. The minimum Gasteiger partial charge on any atom is -0.497 e. The molecule has 28 heavy (non-hydrogen) atoms. The Hall–Kier alpha value is -3.13. The molecule has 2 aliphatic heterocycles. The van der Waals surface area contributed by atoms with Crippen molar-refractivity contribution in [1.29, 1.82) is 0 Å². The zero-order valence-corrected chi connectivity index (χ0v) is 16.2. The third-order valence-corrected chi connectivity index (χ3v) is 5.15. The number of nitrogens with zero attached hydrogens (tertiary/aromatic N) is 3. The Morgan fingerprint density at radius 3 is 2.68 bits per heavy atom. The van der Waals surface area contributed by atoms with Crippen molar-refractivity contribution in [2.45, 2.75) is 13.1 Å². The fourth-order valence-corrected chi connectivity index (χ4v) is 3.69. The van der Waals surface area contributed by atoms with Crippen molar-refractivity contribution >= 4 is 34.3 Å². The highest BCUT2D eigenvalue weighted by Crippen LogP contribution is 2.23. The molecule has 2 heterocycles. The number of carbonyl (C=O) groups excluding carboxylic acids is 2. The number of para-hydroxylation sites is 1. The number of methoxy groups -OCH3 is 1. The van der Waals surface area contributed by atoms with Crippen LogP contribution < -0.4 is 20.6 Å². The van der Waals surface area contributed by atoms with E-state index in [2.05, 4.69) is 15.4 Å². The topological polar surface area (TPSA) is 83.4 Å². The zero-order chi connectivity index (χ0) is 19.7. The highest BCUT2D eigenvalue weighted by Gasteiger charge is 2.37. The van der Waals surface area contributed by atoms with Gasteiger partial charge in [0.1, 0.15) is 11.4 Å². The van der Waals surface area contributed by atoms with Crippen LogP contribution in [0.15, 0.2) is 58.6 Å². The molecule has 0 unspecified atom stereocenters. The first kappa shape index (κ1) is 18.2. The molecule has 0 saturated heterocycles. The first-order valence-electron chi connectivity index (χ1n) is 8.80. The Balaban J connectivity index is 1.84. The number of fused-ring (bicyclic) bond motifs is 2. The van der Waals surface area contributed by atoms with E-state index in [1.54, 1.807) is 37.4 Å².